The maximum atomic E-state index is 14.0. The van der Waals surface area contributed by atoms with Crippen LogP contribution in [0.25, 0.3) is 5.57 Å². The second kappa shape index (κ2) is 17.5. The summed E-state index contributed by atoms with van der Waals surface area (Å²) in [6.45, 7) is 11.5. The van der Waals surface area contributed by atoms with E-state index in [0.29, 0.717) is 31.1 Å². The van der Waals surface area contributed by atoms with Gasteiger partial charge in [0, 0.05) is 63.6 Å². The molecule has 0 spiro atoms. The van der Waals surface area contributed by atoms with Gasteiger partial charge in [-0.1, -0.05) is 56.3 Å². The van der Waals surface area contributed by atoms with Crippen molar-refractivity contribution in [3.63, 3.8) is 0 Å². The third-order valence-corrected chi connectivity index (χ3v) is 7.10. The van der Waals surface area contributed by atoms with Gasteiger partial charge in [-0.2, -0.15) is 5.10 Å². The Morgan fingerprint density at radius 1 is 1.24 bits per heavy atom. The summed E-state index contributed by atoms with van der Waals surface area (Å²) >= 11 is 6.27. The van der Waals surface area contributed by atoms with Gasteiger partial charge in [-0.05, 0) is 49.3 Å². The molecule has 0 aliphatic carbocycles. The van der Waals surface area contributed by atoms with Gasteiger partial charge in [0.2, 0.25) is 17.7 Å². The monoisotopic (exact) mass is 599 g/mol. The second-order valence-corrected chi connectivity index (χ2v) is 11.3. The summed E-state index contributed by atoms with van der Waals surface area (Å²) in [5, 5.41) is 7.46. The number of methoxy groups -OCH3 is 1. The number of nitrogens with one attached hydrogen (secondary N) is 1. The fourth-order valence-electron chi connectivity index (χ4n) is 4.97. The number of hydrogen-bond acceptors (Lipinski definition) is 5. The van der Waals surface area contributed by atoms with Crippen molar-refractivity contribution in [2.75, 3.05) is 33.9 Å². The third kappa shape index (κ3) is 10.8. The Morgan fingerprint density at radius 2 is 1.93 bits per heavy atom. The molecule has 0 bridgehead atoms. The van der Waals surface area contributed by atoms with E-state index in [1.165, 1.54) is 11.0 Å². The number of likely N-dealkylation sites (tertiary alicyclic amines) is 1. The van der Waals surface area contributed by atoms with Crippen LogP contribution in [-0.2, 0) is 26.2 Å². The number of amides is 3. The van der Waals surface area contributed by atoms with E-state index in [2.05, 4.69) is 17.0 Å². The molecule has 9 nitrogen and oxygen atoms in total. The summed E-state index contributed by atoms with van der Waals surface area (Å²) in [5.41, 5.74) is 2.48. The SMILES string of the molecule is C=C(Cl)/C=C(CC(C(=O)N1CCCC1)N(C)C(=O)C(CC(C)C)NC(=O)/C=C\C=C\COC)\C(=C/C)c1cnn(C)c1. The summed E-state index contributed by atoms with van der Waals surface area (Å²) in [7, 11) is 5.06. The molecule has 1 N–H and O–H groups in total. The highest BCUT2D eigenvalue weighted by Gasteiger charge is 2.36. The number of carbonyl (C=O) groups is 3. The first-order valence-corrected chi connectivity index (χ1v) is 14.7. The van der Waals surface area contributed by atoms with Gasteiger partial charge >= 0.3 is 0 Å². The van der Waals surface area contributed by atoms with Crippen LogP contribution < -0.4 is 5.32 Å². The van der Waals surface area contributed by atoms with E-state index >= 15 is 0 Å². The number of aromatic nitrogens is 2. The van der Waals surface area contributed by atoms with E-state index in [9.17, 15) is 14.4 Å². The van der Waals surface area contributed by atoms with Crippen molar-refractivity contribution in [3.8, 4) is 0 Å². The summed E-state index contributed by atoms with van der Waals surface area (Å²) in [6, 6.07) is -1.62. The quantitative estimate of drug-likeness (QED) is 0.234. The number of halogens is 1. The molecule has 1 fully saturated rings. The van der Waals surface area contributed by atoms with Crippen molar-refractivity contribution >= 4 is 34.9 Å². The summed E-state index contributed by atoms with van der Waals surface area (Å²) in [4.78, 5) is 44.0. The average Bonchev–Trinajstić information content (AvgIpc) is 3.62. The number of ether oxygens (including phenoxy) is 1. The number of likely N-dealkylation sites (N-methyl/N-ethyl adjacent to an activating group) is 1. The molecule has 230 valence electrons. The number of allylic oxidation sites excluding steroid dienone is 6. The van der Waals surface area contributed by atoms with Gasteiger partial charge in [0.05, 0.1) is 12.8 Å². The van der Waals surface area contributed by atoms with Crippen LogP contribution >= 0.6 is 11.6 Å². The Morgan fingerprint density at radius 3 is 2.48 bits per heavy atom. The lowest BCUT2D eigenvalue weighted by Gasteiger charge is -2.34. The van der Waals surface area contributed by atoms with Crippen LogP contribution in [0.3, 0.4) is 0 Å². The number of nitrogens with zero attached hydrogens (tertiary/aromatic N) is 4. The maximum Gasteiger partial charge on any atom is 0.245 e. The Labute approximate surface area is 255 Å². The van der Waals surface area contributed by atoms with Gasteiger partial charge in [0.1, 0.15) is 12.1 Å². The largest absolute Gasteiger partial charge is 0.381 e. The lowest BCUT2D eigenvalue weighted by atomic mass is 9.92. The fraction of sp³-hybridized carbons (Fsp3) is 0.500. The van der Waals surface area contributed by atoms with Crippen LogP contribution in [0.5, 0.6) is 0 Å². The first-order valence-electron chi connectivity index (χ1n) is 14.4. The van der Waals surface area contributed by atoms with Gasteiger partial charge in [0.25, 0.3) is 0 Å². The Bertz CT molecular complexity index is 1210. The van der Waals surface area contributed by atoms with Crippen LogP contribution in [0.2, 0.25) is 0 Å². The molecule has 2 atom stereocenters. The summed E-state index contributed by atoms with van der Waals surface area (Å²) in [5.74, 6) is -0.723. The fourth-order valence-corrected chi connectivity index (χ4v) is 5.10. The molecule has 2 unspecified atom stereocenters. The summed E-state index contributed by atoms with van der Waals surface area (Å²) in [6.07, 6.45) is 16.2. The van der Waals surface area contributed by atoms with E-state index in [1.807, 2.05) is 45.0 Å². The maximum absolute atomic E-state index is 14.0. The first kappa shape index (κ1) is 34.8. The zero-order chi connectivity index (χ0) is 31.2. The molecular weight excluding hydrogens is 554 g/mol. The first-order chi connectivity index (χ1) is 20.0. The second-order valence-electron chi connectivity index (χ2n) is 10.9. The molecule has 2 heterocycles. The van der Waals surface area contributed by atoms with Crippen LogP contribution in [0.4, 0.5) is 0 Å². The molecule has 1 aromatic heterocycles. The number of carbonyl (C=O) groups excluding carboxylic acids is 3. The molecule has 0 radical (unpaired) electrons. The zero-order valence-electron chi connectivity index (χ0n) is 25.8. The molecule has 0 saturated carbocycles. The lowest BCUT2D eigenvalue weighted by Crippen LogP contribution is -2.55. The Kier molecular flexibility index (Phi) is 14.5. The van der Waals surface area contributed by atoms with Crippen molar-refractivity contribution in [1.29, 1.82) is 0 Å². The molecular formula is C32H46ClN5O4. The van der Waals surface area contributed by atoms with Gasteiger partial charge < -0.3 is 19.9 Å². The topological polar surface area (TPSA) is 96.8 Å². The molecule has 10 heteroatoms. The minimum atomic E-state index is -0.816. The predicted octanol–water partition coefficient (Wildman–Crippen LogP) is 4.63. The number of aryl methyl sites for hydroxylation is 1. The molecule has 1 aliphatic rings. The Hall–Kier alpha value is -3.43. The van der Waals surface area contributed by atoms with Gasteiger partial charge in [0.15, 0.2) is 0 Å². The van der Waals surface area contributed by atoms with Gasteiger partial charge in [-0.3, -0.25) is 19.1 Å². The number of rotatable bonds is 15. The van der Waals surface area contributed by atoms with E-state index in [0.717, 1.165) is 29.6 Å². The molecule has 3 amide bonds. The normalized spacial score (nSPS) is 16.0. The molecule has 42 heavy (non-hydrogen) atoms. The molecule has 1 saturated heterocycles. The average molecular weight is 600 g/mol. The molecule has 2 rings (SSSR count). The summed E-state index contributed by atoms with van der Waals surface area (Å²) < 4.78 is 6.67. The molecule has 1 aromatic rings. The van der Waals surface area contributed by atoms with Crippen molar-refractivity contribution < 1.29 is 19.1 Å². The predicted molar refractivity (Wildman–Crippen MR) is 168 cm³/mol. The van der Waals surface area contributed by atoms with Crippen molar-refractivity contribution in [3.05, 3.63) is 71.6 Å². The van der Waals surface area contributed by atoms with Crippen LogP contribution in [0, 0.1) is 5.92 Å². The van der Waals surface area contributed by atoms with E-state index < -0.39 is 18.0 Å². The lowest BCUT2D eigenvalue weighted by molar-refractivity contribution is -0.145. The highest BCUT2D eigenvalue weighted by atomic mass is 35.5. The van der Waals surface area contributed by atoms with Crippen molar-refractivity contribution in [2.24, 2.45) is 13.0 Å². The van der Waals surface area contributed by atoms with Crippen molar-refractivity contribution in [2.45, 2.75) is 58.5 Å². The molecule has 1 aliphatic heterocycles. The minimum absolute atomic E-state index is 0.126. The van der Waals surface area contributed by atoms with Crippen LogP contribution in [0.1, 0.15) is 52.0 Å². The highest BCUT2D eigenvalue weighted by Crippen LogP contribution is 2.30. The minimum Gasteiger partial charge on any atom is -0.381 e. The van der Waals surface area contributed by atoms with E-state index in [1.54, 1.807) is 49.3 Å². The zero-order valence-corrected chi connectivity index (χ0v) is 26.6. The van der Waals surface area contributed by atoms with E-state index in [4.69, 9.17) is 16.3 Å². The standard InChI is InChI=1S/C32H46ClN5O4/c1-8-27(26-21-34-36(5)22-26)25(19-24(4)33)20-29(32(41)38-15-11-12-16-38)37(6)31(40)28(18-23(2)3)35-30(39)14-10-9-13-17-42-7/h8-10,13-14,19,21-23,28-29H,4,11-12,15-18,20H2,1-3,5-7H3,(H,35,39)/b13-9+,14-10-,25-19-,27-8+. The third-order valence-electron chi connectivity index (χ3n) is 6.99. The smallest absolute Gasteiger partial charge is 0.245 e. The van der Waals surface area contributed by atoms with E-state index in [-0.39, 0.29) is 24.2 Å². The molecule has 0 aromatic carbocycles. The van der Waals surface area contributed by atoms with Crippen LogP contribution in [0.15, 0.2) is 66.0 Å². The number of hydrogen-bond donors (Lipinski definition) is 1. The highest BCUT2D eigenvalue weighted by molar-refractivity contribution is 6.31. The van der Waals surface area contributed by atoms with Gasteiger partial charge in [-0.25, -0.2) is 0 Å². The Balaban J connectivity index is 2.43. The van der Waals surface area contributed by atoms with Gasteiger partial charge in [-0.15, -0.1) is 0 Å². The van der Waals surface area contributed by atoms with Crippen molar-refractivity contribution in [1.82, 2.24) is 24.9 Å². The van der Waals surface area contributed by atoms with Crippen LogP contribution in [-0.4, -0.2) is 83.2 Å².